The minimum atomic E-state index is -0.0169. The van der Waals surface area contributed by atoms with Gasteiger partial charge in [0.15, 0.2) is 11.5 Å². The Balaban J connectivity index is 1.73. The summed E-state index contributed by atoms with van der Waals surface area (Å²) in [5, 5.41) is 7.89. The zero-order valence-electron chi connectivity index (χ0n) is 16.3. The summed E-state index contributed by atoms with van der Waals surface area (Å²) in [5.74, 6) is 2.32. The second-order valence-corrected chi connectivity index (χ2v) is 6.90. The minimum absolute atomic E-state index is 0.0169. The van der Waals surface area contributed by atoms with Crippen LogP contribution in [0.25, 0.3) is 0 Å². The standard InChI is InChI=1S/C21H25N5O2/c1-4-13-5-7-14(8-6-13)16-12-17(26-21(23-16)24-20(22)25-26)15-9-10-18(27-2)19(11-15)28-3/h5-11,16-17H,4,12H2,1-3H3,(H3,22,23,24,25)/t16-,17-/m0/s1. The molecule has 146 valence electrons. The highest BCUT2D eigenvalue weighted by molar-refractivity contribution is 5.47. The lowest BCUT2D eigenvalue weighted by molar-refractivity contribution is 0.352. The molecule has 0 spiro atoms. The number of aryl methyl sites for hydroxylation is 1. The van der Waals surface area contributed by atoms with E-state index in [2.05, 4.69) is 46.6 Å². The smallest absolute Gasteiger partial charge is 0.241 e. The van der Waals surface area contributed by atoms with Gasteiger partial charge in [0.1, 0.15) is 0 Å². The molecule has 0 aliphatic carbocycles. The Morgan fingerprint density at radius 3 is 2.46 bits per heavy atom. The number of hydrogen-bond donors (Lipinski definition) is 2. The highest BCUT2D eigenvalue weighted by atomic mass is 16.5. The zero-order valence-corrected chi connectivity index (χ0v) is 16.3. The molecule has 3 aromatic rings. The molecule has 0 saturated carbocycles. The largest absolute Gasteiger partial charge is 0.493 e. The highest BCUT2D eigenvalue weighted by Crippen LogP contribution is 2.40. The number of nitrogens with one attached hydrogen (secondary N) is 1. The second-order valence-electron chi connectivity index (χ2n) is 6.90. The molecule has 1 aromatic heterocycles. The number of ether oxygens (including phenoxy) is 2. The Labute approximate surface area is 164 Å². The van der Waals surface area contributed by atoms with E-state index in [1.54, 1.807) is 14.2 Å². The van der Waals surface area contributed by atoms with Crippen LogP contribution >= 0.6 is 0 Å². The van der Waals surface area contributed by atoms with Gasteiger partial charge in [-0.2, -0.15) is 4.98 Å². The molecule has 1 aliphatic rings. The number of nitrogens with two attached hydrogens (primary N) is 1. The molecule has 0 fully saturated rings. The summed E-state index contributed by atoms with van der Waals surface area (Å²) >= 11 is 0. The molecule has 3 N–H and O–H groups in total. The quantitative estimate of drug-likeness (QED) is 0.704. The van der Waals surface area contributed by atoms with E-state index in [-0.39, 0.29) is 18.0 Å². The maximum Gasteiger partial charge on any atom is 0.241 e. The molecule has 0 amide bonds. The Hall–Kier alpha value is -3.22. The van der Waals surface area contributed by atoms with Gasteiger partial charge < -0.3 is 20.5 Å². The van der Waals surface area contributed by atoms with Crippen LogP contribution in [0, 0.1) is 0 Å². The van der Waals surface area contributed by atoms with Gasteiger partial charge in [-0.15, -0.1) is 5.10 Å². The molecule has 2 aromatic carbocycles. The fourth-order valence-electron chi connectivity index (χ4n) is 3.74. The van der Waals surface area contributed by atoms with E-state index in [1.165, 1.54) is 11.1 Å². The van der Waals surface area contributed by atoms with Crippen LogP contribution in [0.4, 0.5) is 11.9 Å². The molecule has 0 saturated heterocycles. The van der Waals surface area contributed by atoms with Gasteiger partial charge in [0, 0.05) is 0 Å². The van der Waals surface area contributed by atoms with E-state index in [0.29, 0.717) is 17.4 Å². The lowest BCUT2D eigenvalue weighted by Gasteiger charge is -2.32. The van der Waals surface area contributed by atoms with Crippen molar-refractivity contribution in [2.24, 2.45) is 0 Å². The molecule has 2 atom stereocenters. The van der Waals surface area contributed by atoms with E-state index in [1.807, 2.05) is 22.9 Å². The first-order valence-corrected chi connectivity index (χ1v) is 9.42. The van der Waals surface area contributed by atoms with E-state index in [0.717, 1.165) is 18.4 Å². The summed E-state index contributed by atoms with van der Waals surface area (Å²) in [7, 11) is 3.27. The normalized spacial score (nSPS) is 18.2. The van der Waals surface area contributed by atoms with Crippen molar-refractivity contribution in [1.82, 2.24) is 14.8 Å². The summed E-state index contributed by atoms with van der Waals surface area (Å²) in [6, 6.07) is 14.8. The molecule has 2 heterocycles. The fraction of sp³-hybridized carbons (Fsp3) is 0.333. The predicted molar refractivity (Wildman–Crippen MR) is 109 cm³/mol. The maximum absolute atomic E-state index is 5.89. The highest BCUT2D eigenvalue weighted by Gasteiger charge is 2.31. The van der Waals surface area contributed by atoms with E-state index >= 15 is 0 Å². The third-order valence-electron chi connectivity index (χ3n) is 5.29. The number of fused-ring (bicyclic) bond motifs is 1. The van der Waals surface area contributed by atoms with E-state index in [4.69, 9.17) is 15.2 Å². The van der Waals surface area contributed by atoms with Gasteiger partial charge in [0.2, 0.25) is 11.9 Å². The Morgan fingerprint density at radius 1 is 1.07 bits per heavy atom. The minimum Gasteiger partial charge on any atom is -0.493 e. The topological polar surface area (TPSA) is 87.2 Å². The van der Waals surface area contributed by atoms with Crippen LogP contribution in [-0.4, -0.2) is 29.0 Å². The molecule has 4 rings (SSSR count). The average Bonchev–Trinajstić information content (AvgIpc) is 3.12. The Morgan fingerprint density at radius 2 is 1.79 bits per heavy atom. The van der Waals surface area contributed by atoms with Gasteiger partial charge in [0.25, 0.3) is 0 Å². The maximum atomic E-state index is 5.89. The summed E-state index contributed by atoms with van der Waals surface area (Å²) in [4.78, 5) is 4.38. The van der Waals surface area contributed by atoms with E-state index in [9.17, 15) is 0 Å². The molecule has 0 unspecified atom stereocenters. The number of nitrogen functional groups attached to an aromatic ring is 1. The number of hydrogen-bond acceptors (Lipinski definition) is 6. The van der Waals surface area contributed by atoms with Crippen molar-refractivity contribution < 1.29 is 9.47 Å². The number of nitrogens with zero attached hydrogens (tertiary/aromatic N) is 3. The molecular weight excluding hydrogens is 354 g/mol. The van der Waals surface area contributed by atoms with Crippen LogP contribution in [0.15, 0.2) is 42.5 Å². The zero-order chi connectivity index (χ0) is 19.7. The van der Waals surface area contributed by atoms with Gasteiger partial charge in [-0.25, -0.2) is 4.68 Å². The van der Waals surface area contributed by atoms with Crippen molar-refractivity contribution in [2.45, 2.75) is 31.8 Å². The van der Waals surface area contributed by atoms with Crippen LogP contribution < -0.4 is 20.5 Å². The first kappa shape index (κ1) is 18.2. The number of benzene rings is 2. The monoisotopic (exact) mass is 379 g/mol. The van der Waals surface area contributed by atoms with Crippen molar-refractivity contribution in [3.63, 3.8) is 0 Å². The van der Waals surface area contributed by atoms with Gasteiger partial charge in [-0.05, 0) is 41.7 Å². The molecule has 7 heteroatoms. The molecule has 0 bridgehead atoms. The van der Waals surface area contributed by atoms with Gasteiger partial charge in [-0.3, -0.25) is 0 Å². The summed E-state index contributed by atoms with van der Waals surface area (Å²) in [6.07, 6.45) is 1.84. The number of aromatic nitrogens is 3. The molecule has 28 heavy (non-hydrogen) atoms. The lowest BCUT2D eigenvalue weighted by atomic mass is 9.92. The van der Waals surface area contributed by atoms with Crippen molar-refractivity contribution in [3.05, 3.63) is 59.2 Å². The SMILES string of the molecule is CCc1ccc([C@@H]2C[C@@H](c3ccc(OC)c(OC)c3)n3nc(N)nc3N2)cc1. The van der Waals surface area contributed by atoms with Crippen LogP contribution in [-0.2, 0) is 6.42 Å². The molecule has 1 aliphatic heterocycles. The van der Waals surface area contributed by atoms with Gasteiger partial charge in [-0.1, -0.05) is 37.3 Å². The van der Waals surface area contributed by atoms with Gasteiger partial charge >= 0.3 is 0 Å². The van der Waals surface area contributed by atoms with Crippen molar-refractivity contribution in [1.29, 1.82) is 0 Å². The van der Waals surface area contributed by atoms with E-state index < -0.39 is 0 Å². The molecular formula is C21H25N5O2. The predicted octanol–water partition coefficient (Wildman–Crippen LogP) is 3.59. The van der Waals surface area contributed by atoms with Crippen LogP contribution in [0.2, 0.25) is 0 Å². The summed E-state index contributed by atoms with van der Waals surface area (Å²) in [5.41, 5.74) is 9.51. The van der Waals surface area contributed by atoms with Crippen molar-refractivity contribution in [2.75, 3.05) is 25.3 Å². The molecule has 7 nitrogen and oxygen atoms in total. The summed E-state index contributed by atoms with van der Waals surface area (Å²) < 4.78 is 12.7. The first-order chi connectivity index (χ1) is 13.6. The van der Waals surface area contributed by atoms with Gasteiger partial charge in [0.05, 0.1) is 26.3 Å². The number of rotatable bonds is 5. The second kappa shape index (κ2) is 7.42. The number of anilines is 2. The fourth-order valence-corrected chi connectivity index (χ4v) is 3.74. The Bertz CT molecular complexity index is 967. The third kappa shape index (κ3) is 3.24. The summed E-state index contributed by atoms with van der Waals surface area (Å²) in [6.45, 7) is 2.16. The molecule has 0 radical (unpaired) electrons. The Kier molecular flexibility index (Phi) is 4.81. The van der Waals surface area contributed by atoms with Crippen molar-refractivity contribution >= 4 is 11.9 Å². The third-order valence-corrected chi connectivity index (χ3v) is 5.29. The van der Waals surface area contributed by atoms with Crippen LogP contribution in [0.1, 0.15) is 42.1 Å². The first-order valence-electron chi connectivity index (χ1n) is 9.42. The average molecular weight is 379 g/mol. The van der Waals surface area contributed by atoms with Crippen LogP contribution in [0.5, 0.6) is 11.5 Å². The van der Waals surface area contributed by atoms with Crippen molar-refractivity contribution in [3.8, 4) is 11.5 Å². The number of methoxy groups -OCH3 is 2. The lowest BCUT2D eigenvalue weighted by Crippen LogP contribution is -2.28. The van der Waals surface area contributed by atoms with Crippen LogP contribution in [0.3, 0.4) is 0 Å².